The van der Waals surface area contributed by atoms with Crippen molar-refractivity contribution in [2.24, 2.45) is 0 Å². The number of likely N-dealkylation sites (tertiary alicyclic amines) is 1. The van der Waals surface area contributed by atoms with Crippen LogP contribution in [0.25, 0.3) is 11.6 Å². The van der Waals surface area contributed by atoms with Gasteiger partial charge in [-0.3, -0.25) is 9.52 Å². The summed E-state index contributed by atoms with van der Waals surface area (Å²) >= 11 is 0. The lowest BCUT2D eigenvalue weighted by Crippen LogP contribution is -2.27. The Bertz CT molecular complexity index is 1110. The number of aromatic amines is 1. The van der Waals surface area contributed by atoms with Crippen LogP contribution in [0.15, 0.2) is 45.8 Å². The molecule has 1 aliphatic heterocycles. The molecule has 0 radical (unpaired) electrons. The fourth-order valence-electron chi connectivity index (χ4n) is 3.15. The third kappa shape index (κ3) is 4.02. The van der Waals surface area contributed by atoms with Gasteiger partial charge in [-0.05, 0) is 43.0 Å². The number of H-pyrrole nitrogens is 1. The van der Waals surface area contributed by atoms with Crippen molar-refractivity contribution in [1.82, 2.24) is 20.1 Å². The summed E-state index contributed by atoms with van der Waals surface area (Å²) in [4.78, 5) is 16.8. The molecule has 1 amide bonds. The number of hydrogen-bond donors (Lipinski definition) is 2. The van der Waals surface area contributed by atoms with Crippen LogP contribution in [0.5, 0.6) is 0 Å². The van der Waals surface area contributed by atoms with Gasteiger partial charge in [0.2, 0.25) is 0 Å². The van der Waals surface area contributed by atoms with E-state index >= 15 is 0 Å². The number of aryl methyl sites for hydroxylation is 1. The van der Waals surface area contributed by atoms with Crippen molar-refractivity contribution in [1.29, 1.82) is 0 Å². The van der Waals surface area contributed by atoms with E-state index in [1.54, 1.807) is 17.0 Å². The predicted octanol–water partition coefficient (Wildman–Crippen LogP) is 2.66. The van der Waals surface area contributed by atoms with E-state index in [4.69, 9.17) is 4.42 Å². The first kappa shape index (κ1) is 19.2. The molecule has 1 aromatic carbocycles. The first-order valence-corrected chi connectivity index (χ1v) is 10.9. The van der Waals surface area contributed by atoms with Crippen molar-refractivity contribution in [3.8, 4) is 11.6 Å². The molecular formula is C19H21N5O4S. The Morgan fingerprint density at radius 1 is 1.21 bits per heavy atom. The Hall–Kier alpha value is -3.14. The summed E-state index contributed by atoms with van der Waals surface area (Å²) in [5, 5.41) is 7.67. The zero-order valence-electron chi connectivity index (χ0n) is 15.9. The summed E-state index contributed by atoms with van der Waals surface area (Å²) in [5.41, 5.74) is 1.91. The smallest absolute Gasteiger partial charge is 0.311 e. The average Bonchev–Trinajstić information content (AvgIpc) is 3.49. The van der Waals surface area contributed by atoms with Gasteiger partial charge in [-0.1, -0.05) is 19.1 Å². The van der Waals surface area contributed by atoms with Crippen LogP contribution in [-0.2, 0) is 16.4 Å². The Kier molecular flexibility index (Phi) is 5.10. The Labute approximate surface area is 168 Å². The number of benzene rings is 1. The zero-order chi connectivity index (χ0) is 20.4. The highest BCUT2D eigenvalue weighted by molar-refractivity contribution is 7.92. The molecule has 9 nitrogen and oxygen atoms in total. The first-order valence-electron chi connectivity index (χ1n) is 9.39. The molecular weight excluding hydrogens is 394 g/mol. The van der Waals surface area contributed by atoms with E-state index in [9.17, 15) is 13.2 Å². The minimum absolute atomic E-state index is 0.0256. The van der Waals surface area contributed by atoms with Gasteiger partial charge >= 0.3 is 11.8 Å². The van der Waals surface area contributed by atoms with Gasteiger partial charge in [0.05, 0.1) is 0 Å². The van der Waals surface area contributed by atoms with Crippen LogP contribution in [-0.4, -0.2) is 47.5 Å². The number of anilines is 1. The standard InChI is InChI=1S/C19H21N5O4S/c1-2-13-5-7-14(8-6-13)23-29(26,27)15-11-16(20-12-15)17-21-22-18(28-17)19(25)24-9-3-4-10-24/h5-8,11-12,20,23H,2-4,9-10H2,1H3. The van der Waals surface area contributed by atoms with Gasteiger partial charge in [0.15, 0.2) is 0 Å². The van der Waals surface area contributed by atoms with Crippen LogP contribution in [0.4, 0.5) is 5.69 Å². The summed E-state index contributed by atoms with van der Waals surface area (Å²) in [6.07, 6.45) is 4.13. The molecule has 3 aromatic rings. The number of hydrogen-bond acceptors (Lipinski definition) is 6. The summed E-state index contributed by atoms with van der Waals surface area (Å²) in [5.74, 6) is -0.353. The highest BCUT2D eigenvalue weighted by atomic mass is 32.2. The molecule has 1 saturated heterocycles. The van der Waals surface area contributed by atoms with Gasteiger partial charge in [0.1, 0.15) is 10.6 Å². The zero-order valence-corrected chi connectivity index (χ0v) is 16.7. The number of sulfonamides is 1. The van der Waals surface area contributed by atoms with E-state index in [1.807, 2.05) is 19.1 Å². The molecule has 1 fully saturated rings. The second-order valence-corrected chi connectivity index (χ2v) is 8.50. The van der Waals surface area contributed by atoms with Gasteiger partial charge in [-0.2, -0.15) is 0 Å². The number of nitrogens with one attached hydrogen (secondary N) is 2. The van der Waals surface area contributed by atoms with Crippen molar-refractivity contribution in [3.05, 3.63) is 48.0 Å². The van der Waals surface area contributed by atoms with Crippen molar-refractivity contribution in [2.45, 2.75) is 31.1 Å². The lowest BCUT2D eigenvalue weighted by molar-refractivity contribution is 0.0754. The number of amides is 1. The maximum atomic E-state index is 12.6. The lowest BCUT2D eigenvalue weighted by Gasteiger charge is -2.11. The predicted molar refractivity (Wildman–Crippen MR) is 106 cm³/mol. The topological polar surface area (TPSA) is 121 Å². The van der Waals surface area contributed by atoms with Gasteiger partial charge in [-0.25, -0.2) is 8.42 Å². The molecule has 0 unspecified atom stereocenters. The molecule has 10 heteroatoms. The summed E-state index contributed by atoms with van der Waals surface area (Å²) in [6.45, 7) is 3.38. The van der Waals surface area contributed by atoms with Gasteiger partial charge in [0, 0.05) is 25.0 Å². The van der Waals surface area contributed by atoms with Gasteiger partial charge in [0.25, 0.3) is 15.9 Å². The summed E-state index contributed by atoms with van der Waals surface area (Å²) in [7, 11) is -3.79. The van der Waals surface area contributed by atoms with Crippen molar-refractivity contribution >= 4 is 21.6 Å². The Balaban J connectivity index is 1.50. The SMILES string of the molecule is CCc1ccc(NS(=O)(=O)c2c[nH]c(-c3nnc(C(=O)N4CCCC4)o3)c2)cc1. The van der Waals surface area contributed by atoms with Crippen LogP contribution in [0, 0.1) is 0 Å². The second-order valence-electron chi connectivity index (χ2n) is 6.82. The molecule has 1 aliphatic rings. The normalized spacial score (nSPS) is 14.3. The third-order valence-electron chi connectivity index (χ3n) is 4.81. The third-order valence-corrected chi connectivity index (χ3v) is 6.17. The minimum atomic E-state index is -3.79. The molecule has 2 aromatic heterocycles. The van der Waals surface area contributed by atoms with Crippen molar-refractivity contribution in [3.63, 3.8) is 0 Å². The molecule has 0 atom stereocenters. The molecule has 0 bridgehead atoms. The summed E-state index contributed by atoms with van der Waals surface area (Å²) in [6, 6.07) is 8.58. The van der Waals surface area contributed by atoms with Crippen LogP contribution >= 0.6 is 0 Å². The van der Waals surface area contributed by atoms with Crippen molar-refractivity contribution < 1.29 is 17.6 Å². The highest BCUT2D eigenvalue weighted by Crippen LogP contribution is 2.23. The minimum Gasteiger partial charge on any atom is -0.411 e. The van der Waals surface area contributed by atoms with Crippen LogP contribution < -0.4 is 4.72 Å². The van der Waals surface area contributed by atoms with Gasteiger partial charge in [-0.15, -0.1) is 10.2 Å². The van der Waals surface area contributed by atoms with E-state index in [0.29, 0.717) is 24.5 Å². The molecule has 2 N–H and O–H groups in total. The lowest BCUT2D eigenvalue weighted by atomic mass is 10.2. The van der Waals surface area contributed by atoms with E-state index in [1.165, 1.54) is 12.3 Å². The molecule has 0 aliphatic carbocycles. The van der Waals surface area contributed by atoms with E-state index in [2.05, 4.69) is 19.9 Å². The average molecular weight is 415 g/mol. The molecule has 3 heterocycles. The van der Waals surface area contributed by atoms with Crippen LogP contribution in [0.2, 0.25) is 0 Å². The number of aromatic nitrogens is 3. The molecule has 29 heavy (non-hydrogen) atoms. The van der Waals surface area contributed by atoms with Gasteiger partial charge < -0.3 is 14.3 Å². The summed E-state index contributed by atoms with van der Waals surface area (Å²) < 4.78 is 33.2. The maximum Gasteiger partial charge on any atom is 0.311 e. The number of nitrogens with zero attached hydrogens (tertiary/aromatic N) is 3. The first-order chi connectivity index (χ1) is 14.0. The second kappa shape index (κ2) is 7.70. The van der Waals surface area contributed by atoms with E-state index in [0.717, 1.165) is 24.8 Å². The molecule has 152 valence electrons. The monoisotopic (exact) mass is 415 g/mol. The fraction of sp³-hybridized carbons (Fsp3) is 0.316. The molecule has 4 rings (SSSR count). The van der Waals surface area contributed by atoms with Crippen LogP contribution in [0.1, 0.15) is 36.0 Å². The number of rotatable bonds is 6. The Morgan fingerprint density at radius 2 is 1.93 bits per heavy atom. The largest absolute Gasteiger partial charge is 0.411 e. The van der Waals surface area contributed by atoms with E-state index in [-0.39, 0.29) is 22.6 Å². The number of carbonyl (C=O) groups excluding carboxylic acids is 1. The highest BCUT2D eigenvalue weighted by Gasteiger charge is 2.25. The quantitative estimate of drug-likeness (QED) is 0.638. The number of carbonyl (C=O) groups is 1. The fourth-order valence-corrected chi connectivity index (χ4v) is 4.20. The van der Waals surface area contributed by atoms with Crippen LogP contribution in [0.3, 0.4) is 0 Å². The van der Waals surface area contributed by atoms with Crippen molar-refractivity contribution in [2.75, 3.05) is 17.8 Å². The maximum absolute atomic E-state index is 12.6. The Morgan fingerprint density at radius 3 is 2.62 bits per heavy atom. The molecule has 0 saturated carbocycles. The molecule has 0 spiro atoms. The van der Waals surface area contributed by atoms with E-state index < -0.39 is 10.0 Å².